The first-order valence-electron chi connectivity index (χ1n) is 10.9. The Kier molecular flexibility index (Phi) is 6.73. The van der Waals surface area contributed by atoms with Crippen molar-refractivity contribution in [2.75, 3.05) is 19.5 Å². The van der Waals surface area contributed by atoms with Crippen molar-refractivity contribution in [3.05, 3.63) is 89.5 Å². The number of azo groups is 1. The number of nitrogens with zero attached hydrogens (tertiary/aromatic N) is 2. The minimum atomic E-state index is -0.474. The fraction of sp³-hybridized carbons (Fsp3) is 0.111. The highest BCUT2D eigenvalue weighted by atomic mass is 16.5. The molecule has 0 spiro atoms. The fourth-order valence-corrected chi connectivity index (χ4v) is 3.65. The molecule has 0 bridgehead atoms. The summed E-state index contributed by atoms with van der Waals surface area (Å²) in [5, 5.41) is 26.4. The van der Waals surface area contributed by atoms with Gasteiger partial charge in [-0.25, -0.2) is 0 Å². The molecule has 0 heterocycles. The molecule has 0 atom stereocenters. The third-order valence-electron chi connectivity index (χ3n) is 5.56. The molecule has 0 radical (unpaired) electrons. The second kappa shape index (κ2) is 10.0. The molecule has 35 heavy (non-hydrogen) atoms. The van der Waals surface area contributed by atoms with Crippen molar-refractivity contribution in [2.45, 2.75) is 6.92 Å². The maximum absolute atomic E-state index is 13.1. The van der Waals surface area contributed by atoms with E-state index in [1.165, 1.54) is 20.2 Å². The summed E-state index contributed by atoms with van der Waals surface area (Å²) in [6.07, 6.45) is 0. The SMILES string of the molecule is CNC(=O)c1ccc(OC)c(N=Nc2c(O)c(C(=O)Nc3ccccc3C)cc3ccccc23)c1. The average Bonchev–Trinajstić information content (AvgIpc) is 2.88. The fourth-order valence-electron chi connectivity index (χ4n) is 3.65. The zero-order valence-electron chi connectivity index (χ0n) is 19.5. The van der Waals surface area contributed by atoms with Gasteiger partial charge in [0, 0.05) is 23.7 Å². The van der Waals surface area contributed by atoms with E-state index >= 15 is 0 Å². The van der Waals surface area contributed by atoms with Crippen LogP contribution in [0.1, 0.15) is 26.3 Å². The predicted octanol–water partition coefficient (Wildman–Crippen LogP) is 5.89. The molecule has 8 heteroatoms. The quantitative estimate of drug-likeness (QED) is 0.306. The molecular weight excluding hydrogens is 444 g/mol. The maximum Gasteiger partial charge on any atom is 0.259 e. The number of phenolic OH excluding ortho intramolecular Hbond substituents is 1. The van der Waals surface area contributed by atoms with Crippen LogP contribution in [-0.2, 0) is 0 Å². The third-order valence-corrected chi connectivity index (χ3v) is 5.56. The van der Waals surface area contributed by atoms with Crippen LogP contribution in [0, 0.1) is 6.92 Å². The molecule has 0 unspecified atom stereocenters. The van der Waals surface area contributed by atoms with Gasteiger partial charge in [0.05, 0.1) is 12.7 Å². The minimum Gasteiger partial charge on any atom is -0.505 e. The second-order valence-corrected chi connectivity index (χ2v) is 7.78. The van der Waals surface area contributed by atoms with Crippen LogP contribution < -0.4 is 15.4 Å². The van der Waals surface area contributed by atoms with Gasteiger partial charge in [-0.2, -0.15) is 0 Å². The lowest BCUT2D eigenvalue weighted by Gasteiger charge is -2.12. The number of phenols is 1. The molecule has 0 aliphatic rings. The number of anilines is 1. The van der Waals surface area contributed by atoms with Crippen LogP contribution >= 0.6 is 0 Å². The maximum atomic E-state index is 13.1. The van der Waals surface area contributed by atoms with Gasteiger partial charge in [0.25, 0.3) is 11.8 Å². The summed E-state index contributed by atoms with van der Waals surface area (Å²) in [7, 11) is 3.02. The normalized spacial score (nSPS) is 10.9. The average molecular weight is 469 g/mol. The van der Waals surface area contributed by atoms with E-state index in [4.69, 9.17) is 4.74 Å². The van der Waals surface area contributed by atoms with E-state index in [0.29, 0.717) is 33.5 Å². The number of hydrogen-bond acceptors (Lipinski definition) is 6. The molecule has 3 N–H and O–H groups in total. The molecule has 2 amide bonds. The number of amides is 2. The van der Waals surface area contributed by atoms with Gasteiger partial charge in [-0.05, 0) is 48.2 Å². The molecule has 0 saturated heterocycles. The Morgan fingerprint density at radius 2 is 1.66 bits per heavy atom. The van der Waals surface area contributed by atoms with Crippen molar-refractivity contribution in [1.82, 2.24) is 5.32 Å². The second-order valence-electron chi connectivity index (χ2n) is 7.78. The Morgan fingerprint density at radius 3 is 2.40 bits per heavy atom. The standard InChI is InChI=1S/C27H24N4O4/c1-16-8-4-7-11-21(16)29-27(34)20-14-17-9-5-6-10-19(17)24(25(20)32)31-30-22-15-18(26(33)28-2)12-13-23(22)35-3/h4-15,32H,1-3H3,(H,28,33)(H,29,34). The third kappa shape index (κ3) is 4.81. The Morgan fingerprint density at radius 1 is 0.914 bits per heavy atom. The first-order valence-corrected chi connectivity index (χ1v) is 10.9. The Hall–Kier alpha value is -4.72. The largest absolute Gasteiger partial charge is 0.505 e. The zero-order chi connectivity index (χ0) is 24.9. The lowest BCUT2D eigenvalue weighted by molar-refractivity contribution is 0.0962. The van der Waals surface area contributed by atoms with Crippen LogP contribution in [0.2, 0.25) is 0 Å². The van der Waals surface area contributed by atoms with Gasteiger partial charge in [-0.3, -0.25) is 9.59 Å². The highest BCUT2D eigenvalue weighted by Gasteiger charge is 2.19. The molecule has 4 aromatic rings. The summed E-state index contributed by atoms with van der Waals surface area (Å²) in [4.78, 5) is 25.2. The van der Waals surface area contributed by atoms with E-state index in [9.17, 15) is 14.7 Å². The number of benzene rings is 4. The molecule has 0 aliphatic carbocycles. The summed E-state index contributed by atoms with van der Waals surface area (Å²) < 4.78 is 5.35. The molecule has 0 saturated carbocycles. The number of carbonyl (C=O) groups is 2. The first kappa shape index (κ1) is 23.4. The molecule has 8 nitrogen and oxygen atoms in total. The van der Waals surface area contributed by atoms with Crippen molar-refractivity contribution in [1.29, 1.82) is 0 Å². The number of hydrogen-bond donors (Lipinski definition) is 3. The summed E-state index contributed by atoms with van der Waals surface area (Å²) in [5.41, 5.74) is 2.40. The van der Waals surface area contributed by atoms with Crippen molar-refractivity contribution >= 4 is 39.6 Å². The van der Waals surface area contributed by atoms with E-state index in [2.05, 4.69) is 20.9 Å². The summed E-state index contributed by atoms with van der Waals surface area (Å²) in [6, 6.07) is 21.0. The molecule has 4 aromatic carbocycles. The number of para-hydroxylation sites is 1. The van der Waals surface area contributed by atoms with Gasteiger partial charge in [-0.15, -0.1) is 10.2 Å². The molecule has 176 valence electrons. The van der Waals surface area contributed by atoms with E-state index in [1.54, 1.807) is 36.4 Å². The number of methoxy groups -OCH3 is 1. The van der Waals surface area contributed by atoms with Crippen molar-refractivity contribution in [2.24, 2.45) is 10.2 Å². The molecule has 0 fully saturated rings. The lowest BCUT2D eigenvalue weighted by Crippen LogP contribution is -2.17. The lowest BCUT2D eigenvalue weighted by atomic mass is 10.0. The van der Waals surface area contributed by atoms with Gasteiger partial charge in [-0.1, -0.05) is 42.5 Å². The van der Waals surface area contributed by atoms with E-state index in [1.807, 2.05) is 37.3 Å². The van der Waals surface area contributed by atoms with Gasteiger partial charge in [0.2, 0.25) is 0 Å². The van der Waals surface area contributed by atoms with Gasteiger partial charge in [0.15, 0.2) is 5.75 Å². The number of ether oxygens (including phenoxy) is 1. The molecule has 4 rings (SSSR count). The summed E-state index contributed by atoms with van der Waals surface area (Å²) >= 11 is 0. The van der Waals surface area contributed by atoms with Crippen molar-refractivity contribution in [3.63, 3.8) is 0 Å². The molecular formula is C27H24N4O4. The minimum absolute atomic E-state index is 0.0620. The first-order chi connectivity index (χ1) is 16.9. The van der Waals surface area contributed by atoms with Crippen LogP contribution in [-0.4, -0.2) is 31.1 Å². The van der Waals surface area contributed by atoms with E-state index in [0.717, 1.165) is 5.56 Å². The van der Waals surface area contributed by atoms with E-state index < -0.39 is 5.91 Å². The smallest absolute Gasteiger partial charge is 0.259 e. The van der Waals surface area contributed by atoms with Crippen LogP contribution in [0.25, 0.3) is 10.8 Å². The van der Waals surface area contributed by atoms with Gasteiger partial charge < -0.3 is 20.5 Å². The number of carbonyl (C=O) groups excluding carboxylic acids is 2. The van der Waals surface area contributed by atoms with Crippen molar-refractivity contribution in [3.8, 4) is 11.5 Å². The predicted molar refractivity (Wildman–Crippen MR) is 135 cm³/mol. The number of aryl methyl sites for hydroxylation is 1. The topological polar surface area (TPSA) is 112 Å². The van der Waals surface area contributed by atoms with E-state index in [-0.39, 0.29) is 22.9 Å². The molecule has 0 aliphatic heterocycles. The number of aromatic hydroxyl groups is 1. The monoisotopic (exact) mass is 468 g/mol. The van der Waals surface area contributed by atoms with Crippen LogP contribution in [0.4, 0.5) is 17.1 Å². The number of fused-ring (bicyclic) bond motifs is 1. The van der Waals surface area contributed by atoms with Crippen LogP contribution in [0.3, 0.4) is 0 Å². The summed E-state index contributed by atoms with van der Waals surface area (Å²) in [6.45, 7) is 1.88. The Labute approximate surface area is 202 Å². The Balaban J connectivity index is 1.80. The zero-order valence-corrected chi connectivity index (χ0v) is 19.5. The van der Waals surface area contributed by atoms with Crippen molar-refractivity contribution < 1.29 is 19.4 Å². The summed E-state index contributed by atoms with van der Waals surface area (Å²) in [5.74, 6) is -0.663. The highest BCUT2D eigenvalue weighted by molar-refractivity contribution is 6.12. The number of rotatable bonds is 6. The van der Waals surface area contributed by atoms with Gasteiger partial charge in [0.1, 0.15) is 17.1 Å². The molecule has 0 aromatic heterocycles. The Bertz CT molecular complexity index is 1460. The van der Waals surface area contributed by atoms with Crippen LogP contribution in [0.15, 0.2) is 83.0 Å². The number of nitrogens with one attached hydrogen (secondary N) is 2. The highest BCUT2D eigenvalue weighted by Crippen LogP contribution is 2.40. The van der Waals surface area contributed by atoms with Gasteiger partial charge >= 0.3 is 0 Å². The van der Waals surface area contributed by atoms with Crippen LogP contribution in [0.5, 0.6) is 11.5 Å².